The number of ether oxygens (including phenoxy) is 2. The van der Waals surface area contributed by atoms with E-state index in [2.05, 4.69) is 21.2 Å². The molecule has 1 aliphatic rings. The van der Waals surface area contributed by atoms with Crippen LogP contribution in [-0.4, -0.2) is 32.6 Å². The lowest BCUT2D eigenvalue weighted by Crippen LogP contribution is -2.33. The van der Waals surface area contributed by atoms with Crippen LogP contribution in [0.2, 0.25) is 1.41 Å². The number of allylic oxidation sites excluding steroid dienone is 2. The van der Waals surface area contributed by atoms with E-state index in [0.717, 1.165) is 15.9 Å². The van der Waals surface area contributed by atoms with Gasteiger partial charge in [-0.15, -0.1) is 0 Å². The van der Waals surface area contributed by atoms with Crippen molar-refractivity contribution in [2.75, 3.05) is 20.8 Å². The molecule has 0 aromatic rings. The second kappa shape index (κ2) is 6.49. The molecule has 16 heavy (non-hydrogen) atoms. The molecule has 1 aliphatic heterocycles. The van der Waals surface area contributed by atoms with E-state index >= 15 is 0 Å². The summed E-state index contributed by atoms with van der Waals surface area (Å²) in [7, 11) is 3.16. The molecule has 0 bridgehead atoms. The van der Waals surface area contributed by atoms with Gasteiger partial charge in [-0.05, 0) is 28.9 Å². The Morgan fingerprint density at radius 3 is 2.88 bits per heavy atom. The standard InChI is InChI=1S/C10H16BrClN2O2/c1-6-10(11)7(4-8(12)14-6)13-5-9(15-2)16-3/h4,8-9,13-14H,5H2,1-3H3/i/hD. The normalized spacial score (nSPS) is 22.4. The van der Waals surface area contributed by atoms with Crippen molar-refractivity contribution in [3.05, 3.63) is 22.0 Å². The van der Waals surface area contributed by atoms with Gasteiger partial charge in [0.15, 0.2) is 7.70 Å². The van der Waals surface area contributed by atoms with Gasteiger partial charge in [0, 0.05) is 25.6 Å². The summed E-state index contributed by atoms with van der Waals surface area (Å²) in [5.41, 5.74) is 1.11. The minimum absolute atomic E-state index is 0.320. The molecule has 1 rings (SSSR count). The largest absolute Gasteiger partial charge is 0.379 e. The summed E-state index contributed by atoms with van der Waals surface area (Å²) in [4.78, 5) is 0. The Morgan fingerprint density at radius 2 is 2.31 bits per heavy atom. The average molecular weight is 313 g/mol. The molecule has 0 aromatic carbocycles. The van der Waals surface area contributed by atoms with Crippen molar-refractivity contribution in [2.45, 2.75) is 18.7 Å². The molecule has 0 aliphatic carbocycles. The van der Waals surface area contributed by atoms with E-state index in [4.69, 9.17) is 22.5 Å². The van der Waals surface area contributed by atoms with E-state index in [9.17, 15) is 0 Å². The maximum Gasteiger partial charge on any atom is 0.173 e. The number of nitrogens with one attached hydrogen (secondary N) is 2. The van der Waals surface area contributed by atoms with Crippen LogP contribution in [0.4, 0.5) is 0 Å². The maximum absolute atomic E-state index is 7.69. The summed E-state index contributed by atoms with van der Waals surface area (Å²) in [5.74, 6) is 0. The quantitative estimate of drug-likeness (QED) is 0.462. The van der Waals surface area contributed by atoms with Gasteiger partial charge in [0.25, 0.3) is 0 Å². The number of dihydropyridines is 1. The van der Waals surface area contributed by atoms with Crippen molar-refractivity contribution in [1.82, 2.24) is 10.6 Å². The van der Waals surface area contributed by atoms with Gasteiger partial charge in [0.1, 0.15) is 5.50 Å². The topological polar surface area (TPSA) is 42.5 Å². The first-order chi connectivity index (χ1) is 8.01. The molecule has 0 aromatic heterocycles. The fourth-order valence-electron chi connectivity index (χ4n) is 1.28. The third kappa shape index (κ3) is 3.66. The monoisotopic (exact) mass is 311 g/mol. The van der Waals surface area contributed by atoms with Crippen molar-refractivity contribution in [1.29, 1.82) is 0 Å². The number of methoxy groups -OCH3 is 2. The molecule has 0 saturated heterocycles. The number of rotatable bonds is 5. The van der Waals surface area contributed by atoms with Crippen molar-refractivity contribution < 1.29 is 10.9 Å². The van der Waals surface area contributed by atoms with E-state index in [1.54, 1.807) is 20.3 Å². The first-order valence-electron chi connectivity index (χ1n) is 5.26. The minimum Gasteiger partial charge on any atom is -0.379 e. The van der Waals surface area contributed by atoms with E-state index in [-0.39, 0.29) is 6.29 Å². The van der Waals surface area contributed by atoms with E-state index in [0.29, 0.717) is 6.54 Å². The molecule has 1 unspecified atom stereocenters. The molecule has 6 heteroatoms. The Hall–Kier alpha value is -0.230. The van der Waals surface area contributed by atoms with Crippen LogP contribution in [0.25, 0.3) is 0 Å². The zero-order chi connectivity index (χ0) is 13.0. The highest BCUT2D eigenvalue weighted by Gasteiger charge is 2.16. The van der Waals surface area contributed by atoms with E-state index < -0.39 is 5.50 Å². The van der Waals surface area contributed by atoms with Crippen LogP contribution < -0.4 is 10.6 Å². The molecule has 2 N–H and O–H groups in total. The highest BCUT2D eigenvalue weighted by atomic mass is 79.9. The zero-order valence-electron chi connectivity index (χ0n) is 10.5. The van der Waals surface area contributed by atoms with Gasteiger partial charge < -0.3 is 20.1 Å². The fourth-order valence-corrected chi connectivity index (χ4v) is 1.92. The molecule has 0 saturated carbocycles. The zero-order valence-corrected chi connectivity index (χ0v) is 11.8. The number of halogens is 2. The average Bonchev–Trinajstić information content (AvgIpc) is 2.33. The van der Waals surface area contributed by atoms with Crippen LogP contribution in [0, 0.1) is 0 Å². The second-order valence-corrected chi connectivity index (χ2v) is 4.50. The molecule has 1 atom stereocenters. The number of hydrogen-bond donors (Lipinski definition) is 2. The lowest BCUT2D eigenvalue weighted by molar-refractivity contribution is -0.0975. The lowest BCUT2D eigenvalue weighted by Gasteiger charge is -2.23. The Kier molecular flexibility index (Phi) is 4.96. The molecular formula is C10H16BrClN2O2. The van der Waals surface area contributed by atoms with Gasteiger partial charge >= 0.3 is 0 Å². The summed E-state index contributed by atoms with van der Waals surface area (Å²) in [6.45, 7) is 2.33. The predicted molar refractivity (Wildman–Crippen MR) is 68.3 cm³/mol. The van der Waals surface area contributed by atoms with Crippen LogP contribution in [0.3, 0.4) is 0 Å². The third-order valence-electron chi connectivity index (χ3n) is 2.16. The molecular weight excluding hydrogens is 295 g/mol. The van der Waals surface area contributed by atoms with E-state index in [1.807, 2.05) is 6.92 Å². The smallest absolute Gasteiger partial charge is 0.173 e. The molecule has 92 valence electrons. The van der Waals surface area contributed by atoms with Crippen LogP contribution >= 0.6 is 27.5 Å². The minimum atomic E-state index is -0.484. The van der Waals surface area contributed by atoms with Crippen molar-refractivity contribution in [2.24, 2.45) is 0 Å². The molecule has 0 spiro atoms. The van der Waals surface area contributed by atoms with Crippen LogP contribution in [0.15, 0.2) is 22.0 Å². The SMILES string of the molecule is [2H]N1C(C)=C(Br)C(NCC(OC)OC)=CC1Cl. The first kappa shape index (κ1) is 12.2. The molecule has 1 heterocycles. The molecule has 0 radical (unpaired) electrons. The summed E-state index contributed by atoms with van der Waals surface area (Å²) in [5, 5.41) is 4.40. The Bertz CT molecular complexity index is 334. The highest BCUT2D eigenvalue weighted by Crippen LogP contribution is 2.24. The first-order valence-corrected chi connectivity index (χ1v) is 6.04. The second-order valence-electron chi connectivity index (χ2n) is 3.26. The van der Waals surface area contributed by atoms with Crippen LogP contribution in [0.1, 0.15) is 6.92 Å². The van der Waals surface area contributed by atoms with Crippen molar-refractivity contribution in [3.8, 4) is 0 Å². The summed E-state index contributed by atoms with van der Waals surface area (Å²) in [6.07, 6.45) is 1.44. The van der Waals surface area contributed by atoms with Crippen molar-refractivity contribution in [3.63, 3.8) is 0 Å². The number of alkyl halides is 1. The van der Waals surface area contributed by atoms with E-state index in [1.165, 1.54) is 5.31 Å². The fraction of sp³-hybridized carbons (Fsp3) is 0.600. The summed E-state index contributed by atoms with van der Waals surface area (Å²) >= 11 is 9.44. The highest BCUT2D eigenvalue weighted by molar-refractivity contribution is 9.12. The van der Waals surface area contributed by atoms with Gasteiger partial charge in [-0.2, -0.15) is 0 Å². The Morgan fingerprint density at radius 1 is 1.69 bits per heavy atom. The van der Waals surface area contributed by atoms with Gasteiger partial charge in [-0.1, -0.05) is 11.6 Å². The summed E-state index contributed by atoms with van der Waals surface area (Å²) in [6, 6.07) is 0. The van der Waals surface area contributed by atoms with Gasteiger partial charge in [0.05, 0.1) is 11.0 Å². The van der Waals surface area contributed by atoms with Gasteiger partial charge in [-0.3, -0.25) is 0 Å². The van der Waals surface area contributed by atoms with Gasteiger partial charge in [0.2, 0.25) is 0 Å². The lowest BCUT2D eigenvalue weighted by atomic mass is 10.2. The van der Waals surface area contributed by atoms with Crippen molar-refractivity contribution >= 4 is 27.5 Å². The van der Waals surface area contributed by atoms with Crippen LogP contribution in [-0.2, 0) is 9.47 Å². The van der Waals surface area contributed by atoms with Gasteiger partial charge in [-0.25, -0.2) is 0 Å². The van der Waals surface area contributed by atoms with Crippen LogP contribution in [0.5, 0.6) is 0 Å². The Balaban J connectivity index is 2.68. The summed E-state index contributed by atoms with van der Waals surface area (Å²) < 4.78 is 18.7. The molecule has 4 nitrogen and oxygen atoms in total. The number of hydrogen-bond acceptors (Lipinski definition) is 4. The maximum atomic E-state index is 7.69. The molecule has 0 amide bonds. The Labute approximate surface area is 111 Å². The molecule has 0 fully saturated rings. The predicted octanol–water partition coefficient (Wildman–Crippen LogP) is 1.87. The third-order valence-corrected chi connectivity index (χ3v) is 3.38.